The van der Waals surface area contributed by atoms with E-state index in [1.54, 1.807) is 0 Å². The molecule has 0 aliphatic carbocycles. The van der Waals surface area contributed by atoms with Crippen molar-refractivity contribution in [3.63, 3.8) is 0 Å². The maximum absolute atomic E-state index is 13.4. The average molecular weight is 434 g/mol. The van der Waals surface area contributed by atoms with Crippen LogP contribution in [0.3, 0.4) is 0 Å². The largest absolute Gasteiger partial charge is 0.361 e. The van der Waals surface area contributed by atoms with E-state index in [0.717, 1.165) is 33.5 Å². The fraction of sp³-hybridized carbons (Fsp3) is 0.545. The number of hydrogen-bond acceptors (Lipinski definition) is 5. The maximum Gasteiger partial charge on any atom is 0.243 e. The molecule has 30 heavy (non-hydrogen) atoms. The Morgan fingerprint density at radius 2 is 1.67 bits per heavy atom. The number of rotatable bonds is 5. The molecule has 1 aliphatic rings. The van der Waals surface area contributed by atoms with Crippen molar-refractivity contribution in [2.24, 2.45) is 5.92 Å². The zero-order chi connectivity index (χ0) is 22.2. The summed E-state index contributed by atoms with van der Waals surface area (Å²) in [6.07, 6.45) is 1.02. The van der Waals surface area contributed by atoms with Gasteiger partial charge in [0.25, 0.3) is 0 Å². The van der Waals surface area contributed by atoms with Gasteiger partial charge in [-0.05, 0) is 76.6 Å². The minimum atomic E-state index is -3.60. The second-order valence-corrected chi connectivity index (χ2v) is 10.2. The van der Waals surface area contributed by atoms with Crippen LogP contribution in [0.25, 0.3) is 0 Å². The summed E-state index contributed by atoms with van der Waals surface area (Å²) >= 11 is 0. The quantitative estimate of drug-likeness (QED) is 0.781. The predicted molar refractivity (Wildman–Crippen MR) is 115 cm³/mol. The van der Waals surface area contributed by atoms with Crippen LogP contribution in [0.1, 0.15) is 52.1 Å². The molecule has 1 aromatic carbocycles. The minimum Gasteiger partial charge on any atom is -0.361 e. The summed E-state index contributed by atoms with van der Waals surface area (Å²) in [7, 11) is -3.60. The number of carbonyl (C=O) groups excluding carboxylic acids is 1. The Morgan fingerprint density at radius 3 is 2.17 bits per heavy atom. The molecular formula is C22H31N3O4S. The monoisotopic (exact) mass is 433 g/mol. The number of nitrogens with zero attached hydrogens (tertiary/aromatic N) is 2. The molecule has 3 rings (SSSR count). The number of amides is 1. The molecule has 1 N–H and O–H groups in total. The smallest absolute Gasteiger partial charge is 0.243 e. The summed E-state index contributed by atoms with van der Waals surface area (Å²) in [6, 6.07) is 2.03. The van der Waals surface area contributed by atoms with Gasteiger partial charge in [-0.1, -0.05) is 11.2 Å². The van der Waals surface area contributed by atoms with Crippen LogP contribution in [0.4, 0.5) is 0 Å². The lowest BCUT2D eigenvalue weighted by molar-refractivity contribution is -0.126. The Bertz CT molecular complexity index is 1020. The van der Waals surface area contributed by atoms with Crippen LogP contribution in [-0.4, -0.2) is 36.9 Å². The van der Waals surface area contributed by atoms with E-state index < -0.39 is 10.0 Å². The molecule has 1 aromatic heterocycles. The van der Waals surface area contributed by atoms with Crippen molar-refractivity contribution in [1.82, 2.24) is 14.8 Å². The van der Waals surface area contributed by atoms with Crippen LogP contribution in [-0.2, 0) is 21.4 Å². The van der Waals surface area contributed by atoms with Gasteiger partial charge < -0.3 is 9.84 Å². The summed E-state index contributed by atoms with van der Waals surface area (Å²) in [6.45, 7) is 12.3. The second kappa shape index (κ2) is 8.51. The Kier molecular flexibility index (Phi) is 6.38. The van der Waals surface area contributed by atoms with Gasteiger partial charge in [0.05, 0.1) is 10.6 Å². The molecule has 8 heteroatoms. The van der Waals surface area contributed by atoms with E-state index in [0.29, 0.717) is 43.1 Å². The summed E-state index contributed by atoms with van der Waals surface area (Å²) < 4.78 is 33.4. The molecular weight excluding hydrogens is 402 g/mol. The number of hydrogen-bond donors (Lipinski definition) is 1. The standard InChI is InChI=1S/C22H31N3O4S/c1-13-11-14(2)16(4)21(15(13)3)30(27,28)25-9-7-19(8-10-25)22(26)23-12-20-17(5)24-29-18(20)6/h11,19H,7-10,12H2,1-6H3,(H,23,26). The van der Waals surface area contributed by atoms with Gasteiger partial charge in [-0.2, -0.15) is 4.31 Å². The van der Waals surface area contributed by atoms with Crippen molar-refractivity contribution in [1.29, 1.82) is 0 Å². The first-order valence-corrected chi connectivity index (χ1v) is 11.7. The Labute approximate surface area is 178 Å². The first kappa shape index (κ1) is 22.5. The number of aromatic nitrogens is 1. The predicted octanol–water partition coefficient (Wildman–Crippen LogP) is 3.24. The highest BCUT2D eigenvalue weighted by Crippen LogP contribution is 2.31. The van der Waals surface area contributed by atoms with E-state index in [2.05, 4.69) is 10.5 Å². The van der Waals surface area contributed by atoms with Crippen LogP contribution in [0.5, 0.6) is 0 Å². The fourth-order valence-electron chi connectivity index (χ4n) is 4.13. The summed E-state index contributed by atoms with van der Waals surface area (Å²) in [5.74, 6) is 0.456. The molecule has 0 bridgehead atoms. The highest BCUT2D eigenvalue weighted by Gasteiger charge is 2.34. The van der Waals surface area contributed by atoms with E-state index >= 15 is 0 Å². The van der Waals surface area contributed by atoms with Crippen molar-refractivity contribution in [3.8, 4) is 0 Å². The van der Waals surface area contributed by atoms with Crippen LogP contribution in [0.2, 0.25) is 0 Å². The van der Waals surface area contributed by atoms with Gasteiger partial charge in [0, 0.05) is 31.1 Å². The van der Waals surface area contributed by atoms with Gasteiger partial charge in [0.2, 0.25) is 15.9 Å². The van der Waals surface area contributed by atoms with Crippen LogP contribution in [0.15, 0.2) is 15.5 Å². The fourth-order valence-corrected chi connectivity index (χ4v) is 6.17. The van der Waals surface area contributed by atoms with E-state index in [9.17, 15) is 13.2 Å². The number of nitrogens with one attached hydrogen (secondary N) is 1. The van der Waals surface area contributed by atoms with Crippen molar-refractivity contribution in [2.45, 2.75) is 65.8 Å². The van der Waals surface area contributed by atoms with Gasteiger partial charge in [-0.15, -0.1) is 0 Å². The SMILES string of the molecule is Cc1cc(C)c(C)c(S(=O)(=O)N2CCC(C(=O)NCc3c(C)noc3C)CC2)c1C. The second-order valence-electron chi connectivity index (χ2n) is 8.29. The first-order chi connectivity index (χ1) is 14.0. The third kappa shape index (κ3) is 4.16. The Morgan fingerprint density at radius 1 is 1.10 bits per heavy atom. The van der Waals surface area contributed by atoms with Crippen molar-refractivity contribution < 1.29 is 17.7 Å². The third-order valence-corrected chi connectivity index (χ3v) is 8.51. The number of sulfonamides is 1. The highest BCUT2D eigenvalue weighted by molar-refractivity contribution is 7.89. The van der Waals surface area contributed by atoms with E-state index in [4.69, 9.17) is 4.52 Å². The van der Waals surface area contributed by atoms with Gasteiger partial charge in [-0.3, -0.25) is 4.79 Å². The third-order valence-electron chi connectivity index (χ3n) is 6.34. The molecule has 0 atom stereocenters. The summed E-state index contributed by atoms with van der Waals surface area (Å²) in [4.78, 5) is 13.0. The van der Waals surface area contributed by atoms with Crippen molar-refractivity contribution in [3.05, 3.63) is 45.3 Å². The summed E-state index contributed by atoms with van der Waals surface area (Å²) in [5.41, 5.74) is 5.22. The van der Waals surface area contributed by atoms with Crippen molar-refractivity contribution >= 4 is 15.9 Å². The lowest BCUT2D eigenvalue weighted by Gasteiger charge is -2.31. The average Bonchev–Trinajstić information content (AvgIpc) is 3.02. The molecule has 0 spiro atoms. The molecule has 1 amide bonds. The van der Waals surface area contributed by atoms with E-state index in [1.165, 1.54) is 4.31 Å². The molecule has 0 saturated carbocycles. The number of benzene rings is 1. The Balaban J connectivity index is 1.67. The van der Waals surface area contributed by atoms with Gasteiger partial charge in [0.1, 0.15) is 5.76 Å². The lowest BCUT2D eigenvalue weighted by Crippen LogP contribution is -2.43. The number of aryl methyl sites for hydroxylation is 4. The normalized spacial score (nSPS) is 16.1. The first-order valence-electron chi connectivity index (χ1n) is 10.3. The van der Waals surface area contributed by atoms with Gasteiger partial charge in [-0.25, -0.2) is 8.42 Å². The Hall–Kier alpha value is -2.19. The topological polar surface area (TPSA) is 92.5 Å². The van der Waals surface area contributed by atoms with Crippen LogP contribution < -0.4 is 5.32 Å². The molecule has 0 radical (unpaired) electrons. The minimum absolute atomic E-state index is 0.0502. The van der Waals surface area contributed by atoms with Crippen LogP contribution >= 0.6 is 0 Å². The number of piperidine rings is 1. The molecule has 2 aromatic rings. The highest BCUT2D eigenvalue weighted by atomic mass is 32.2. The molecule has 0 unspecified atom stereocenters. The van der Waals surface area contributed by atoms with E-state index in [-0.39, 0.29) is 11.8 Å². The molecule has 7 nitrogen and oxygen atoms in total. The number of carbonyl (C=O) groups is 1. The molecule has 2 heterocycles. The zero-order valence-corrected chi connectivity index (χ0v) is 19.4. The summed E-state index contributed by atoms with van der Waals surface area (Å²) in [5, 5.41) is 6.85. The molecule has 1 saturated heterocycles. The van der Waals surface area contributed by atoms with Crippen LogP contribution in [0, 0.1) is 47.5 Å². The molecule has 1 aliphatic heterocycles. The molecule has 164 valence electrons. The van der Waals surface area contributed by atoms with E-state index in [1.807, 2.05) is 47.6 Å². The zero-order valence-electron chi connectivity index (χ0n) is 18.6. The molecule has 1 fully saturated rings. The van der Waals surface area contributed by atoms with Gasteiger partial charge >= 0.3 is 0 Å². The van der Waals surface area contributed by atoms with Crippen molar-refractivity contribution in [2.75, 3.05) is 13.1 Å². The van der Waals surface area contributed by atoms with Gasteiger partial charge in [0.15, 0.2) is 0 Å². The lowest BCUT2D eigenvalue weighted by atomic mass is 9.97. The maximum atomic E-state index is 13.4.